The van der Waals surface area contributed by atoms with Crippen molar-refractivity contribution < 1.29 is 55.6 Å². The average Bonchev–Trinajstić information content (AvgIpc) is 3.54. The van der Waals surface area contributed by atoms with Crippen molar-refractivity contribution in [3.05, 3.63) is 42.2 Å². The molecule has 1 aromatic heterocycles. The predicted molar refractivity (Wildman–Crippen MR) is 116 cm³/mol. The summed E-state index contributed by atoms with van der Waals surface area (Å²) < 4.78 is 74.3. The lowest BCUT2D eigenvalue weighted by Crippen LogP contribution is -2.29. The maximum absolute atomic E-state index is 10.6. The summed E-state index contributed by atoms with van der Waals surface area (Å²) in [6.45, 7) is 5.72. The quantitative estimate of drug-likeness (QED) is 0.549. The van der Waals surface area contributed by atoms with Crippen molar-refractivity contribution >= 4 is 17.9 Å². The molecule has 3 aliphatic rings. The van der Waals surface area contributed by atoms with Gasteiger partial charge in [0.1, 0.15) is 0 Å². The van der Waals surface area contributed by atoms with Gasteiger partial charge in [0.25, 0.3) is 0 Å². The molecule has 2 fully saturated rings. The van der Waals surface area contributed by atoms with Crippen molar-refractivity contribution in [1.29, 1.82) is 0 Å². The van der Waals surface area contributed by atoms with Gasteiger partial charge in [-0.2, -0.15) is 26.3 Å². The molecule has 0 radical (unpaired) electrons. The van der Waals surface area contributed by atoms with Crippen LogP contribution >= 0.6 is 0 Å². The van der Waals surface area contributed by atoms with E-state index in [9.17, 15) is 26.3 Å². The third kappa shape index (κ3) is 7.84. The molecule has 0 aliphatic carbocycles. The molecule has 4 heterocycles. The number of nitrogens with zero attached hydrogens (tertiary/aromatic N) is 4. The Hall–Kier alpha value is -3.82. The van der Waals surface area contributed by atoms with Gasteiger partial charge in [-0.15, -0.1) is 0 Å². The van der Waals surface area contributed by atoms with Crippen LogP contribution in [0.3, 0.4) is 0 Å². The van der Waals surface area contributed by atoms with Crippen LogP contribution in [0.1, 0.15) is 5.56 Å². The topological polar surface area (TPSA) is 125 Å². The molecule has 16 heteroatoms. The van der Waals surface area contributed by atoms with E-state index < -0.39 is 24.3 Å². The lowest BCUT2D eigenvalue weighted by atomic mass is 10.0. The van der Waals surface area contributed by atoms with E-state index >= 15 is 0 Å². The van der Waals surface area contributed by atoms with E-state index in [1.165, 1.54) is 5.56 Å². The van der Waals surface area contributed by atoms with Gasteiger partial charge in [-0.05, 0) is 35.6 Å². The number of rotatable bonds is 3. The number of carbonyl (C=O) groups is 2. The molecule has 38 heavy (non-hydrogen) atoms. The molecule has 0 spiro atoms. The van der Waals surface area contributed by atoms with E-state index in [4.69, 9.17) is 29.3 Å². The number of halogens is 6. The minimum Gasteiger partial charge on any atom is -0.475 e. The Morgan fingerprint density at radius 2 is 1.37 bits per heavy atom. The van der Waals surface area contributed by atoms with Crippen LogP contribution in [0.15, 0.2) is 36.7 Å². The molecule has 10 nitrogen and oxygen atoms in total. The van der Waals surface area contributed by atoms with E-state index in [0.29, 0.717) is 18.6 Å². The lowest BCUT2D eigenvalue weighted by molar-refractivity contribution is -0.193. The summed E-state index contributed by atoms with van der Waals surface area (Å²) in [6.07, 6.45) is -6.52. The van der Waals surface area contributed by atoms with E-state index in [1.54, 1.807) is 0 Å². The Kier molecular flexibility index (Phi) is 8.85. The number of hydrogen-bond acceptors (Lipinski definition) is 8. The van der Waals surface area contributed by atoms with Crippen molar-refractivity contribution in [3.63, 3.8) is 0 Å². The standard InChI is InChI=1S/C18H20N4O2.2C2HF3O2/c1-4-19-18(20-5-1)22-10-14-8-21(9-15(14)11-22)7-13-2-3-16-17(6-13)24-12-23-16;2*3-2(4,5)1(6)7/h1-6,14-15H,7-12H2;2*(H,6,7)/t14-,15+;;. The smallest absolute Gasteiger partial charge is 0.475 e. The molecule has 208 valence electrons. The number of fused-ring (bicyclic) bond motifs is 2. The number of ether oxygens (including phenoxy) is 2. The van der Waals surface area contributed by atoms with Gasteiger partial charge in [0.2, 0.25) is 12.7 Å². The fourth-order valence-corrected chi connectivity index (χ4v) is 4.13. The van der Waals surface area contributed by atoms with Crippen LogP contribution in [0, 0.1) is 11.8 Å². The molecule has 2 N–H and O–H groups in total. The molecule has 2 atom stereocenters. The summed E-state index contributed by atoms with van der Waals surface area (Å²) in [5.74, 6) is -1.49. The number of benzene rings is 1. The van der Waals surface area contributed by atoms with Crippen LogP contribution in [0.5, 0.6) is 11.5 Å². The number of alkyl halides is 6. The highest BCUT2D eigenvalue weighted by Crippen LogP contribution is 2.35. The van der Waals surface area contributed by atoms with Crippen LogP contribution in [0.2, 0.25) is 0 Å². The maximum Gasteiger partial charge on any atom is 0.490 e. The Bertz CT molecular complexity index is 1080. The van der Waals surface area contributed by atoms with Crippen LogP contribution in [-0.2, 0) is 16.1 Å². The molecule has 2 aromatic rings. The highest BCUT2D eigenvalue weighted by Gasteiger charge is 2.41. The third-order valence-electron chi connectivity index (χ3n) is 5.73. The molecule has 3 aliphatic heterocycles. The second kappa shape index (κ2) is 11.7. The molecule has 0 unspecified atom stereocenters. The van der Waals surface area contributed by atoms with Crippen LogP contribution < -0.4 is 14.4 Å². The lowest BCUT2D eigenvalue weighted by Gasteiger charge is -2.21. The van der Waals surface area contributed by atoms with Crippen molar-refractivity contribution in [2.75, 3.05) is 37.9 Å². The number of aliphatic carboxylic acids is 2. The monoisotopic (exact) mass is 552 g/mol. The summed E-state index contributed by atoms with van der Waals surface area (Å²) in [4.78, 5) is 31.4. The fraction of sp³-hybridized carbons (Fsp3) is 0.455. The second-order valence-electron chi connectivity index (χ2n) is 8.46. The zero-order chi connectivity index (χ0) is 28.1. The van der Waals surface area contributed by atoms with Crippen LogP contribution in [0.4, 0.5) is 32.3 Å². The van der Waals surface area contributed by atoms with Crippen molar-refractivity contribution in [3.8, 4) is 11.5 Å². The van der Waals surface area contributed by atoms with Crippen molar-refractivity contribution in [2.24, 2.45) is 11.8 Å². The summed E-state index contributed by atoms with van der Waals surface area (Å²) >= 11 is 0. The van der Waals surface area contributed by atoms with Gasteiger partial charge in [0.15, 0.2) is 11.5 Å². The summed E-state index contributed by atoms with van der Waals surface area (Å²) in [6, 6.07) is 8.14. The minimum atomic E-state index is -5.08. The van der Waals surface area contributed by atoms with Crippen LogP contribution in [0.25, 0.3) is 0 Å². The van der Waals surface area contributed by atoms with Gasteiger partial charge in [-0.1, -0.05) is 6.07 Å². The largest absolute Gasteiger partial charge is 0.490 e. The first-order valence-corrected chi connectivity index (χ1v) is 11.0. The van der Waals surface area contributed by atoms with Crippen LogP contribution in [-0.4, -0.2) is 82.3 Å². The van der Waals surface area contributed by atoms with Gasteiger partial charge in [0.05, 0.1) is 0 Å². The normalized spacial score (nSPS) is 20.1. The number of carboxylic acids is 2. The number of aromatic nitrogens is 2. The molecule has 1 aromatic carbocycles. The molecule has 5 rings (SSSR count). The fourth-order valence-electron chi connectivity index (χ4n) is 4.13. The first-order chi connectivity index (χ1) is 17.7. The SMILES string of the molecule is O=C(O)C(F)(F)F.O=C(O)C(F)(F)F.c1cnc(N2C[C@H]3CN(Cc4ccc5c(c4)OCO5)C[C@H]3C2)nc1. The van der Waals surface area contributed by atoms with E-state index in [-0.39, 0.29) is 0 Å². The predicted octanol–water partition coefficient (Wildman–Crippen LogP) is 3.04. The van der Waals surface area contributed by atoms with Crippen molar-refractivity contribution in [2.45, 2.75) is 18.9 Å². The Labute approximate surface area is 211 Å². The Morgan fingerprint density at radius 3 is 1.87 bits per heavy atom. The summed E-state index contributed by atoms with van der Waals surface area (Å²) in [5.41, 5.74) is 1.29. The second-order valence-corrected chi connectivity index (χ2v) is 8.46. The number of carboxylic acid groups (broad SMARTS) is 2. The first-order valence-electron chi connectivity index (χ1n) is 11.0. The minimum absolute atomic E-state index is 0.337. The van der Waals surface area contributed by atoms with E-state index in [1.807, 2.05) is 24.5 Å². The Morgan fingerprint density at radius 1 is 0.868 bits per heavy atom. The number of likely N-dealkylation sites (tertiary alicyclic amines) is 1. The molecule has 2 saturated heterocycles. The molecular formula is C22H22F6N4O6. The third-order valence-corrected chi connectivity index (χ3v) is 5.73. The van der Waals surface area contributed by atoms with Gasteiger partial charge in [-0.3, -0.25) is 4.90 Å². The maximum atomic E-state index is 10.6. The van der Waals surface area contributed by atoms with Gasteiger partial charge in [-0.25, -0.2) is 19.6 Å². The Balaban J connectivity index is 0.000000239. The van der Waals surface area contributed by atoms with Gasteiger partial charge in [0, 0.05) is 45.1 Å². The number of hydrogen-bond donors (Lipinski definition) is 2. The van der Waals surface area contributed by atoms with E-state index in [2.05, 4.69) is 31.9 Å². The highest BCUT2D eigenvalue weighted by molar-refractivity contribution is 5.73. The summed E-state index contributed by atoms with van der Waals surface area (Å²) in [7, 11) is 0. The highest BCUT2D eigenvalue weighted by atomic mass is 19.4. The van der Waals surface area contributed by atoms with Crippen molar-refractivity contribution in [1.82, 2.24) is 14.9 Å². The average molecular weight is 552 g/mol. The molecule has 0 saturated carbocycles. The first kappa shape index (κ1) is 28.7. The zero-order valence-electron chi connectivity index (χ0n) is 19.4. The van der Waals surface area contributed by atoms with E-state index in [0.717, 1.165) is 50.2 Å². The molecular weight excluding hydrogens is 530 g/mol. The molecule has 0 amide bonds. The van der Waals surface area contributed by atoms with Gasteiger partial charge < -0.3 is 24.6 Å². The zero-order valence-corrected chi connectivity index (χ0v) is 19.4. The summed E-state index contributed by atoms with van der Waals surface area (Å²) in [5, 5.41) is 14.2. The number of anilines is 1. The molecule has 0 bridgehead atoms. The van der Waals surface area contributed by atoms with Gasteiger partial charge >= 0.3 is 24.3 Å².